The number of nitrogens with zero attached hydrogens (tertiary/aromatic N) is 2. The summed E-state index contributed by atoms with van der Waals surface area (Å²) in [6.07, 6.45) is -3.27. The Labute approximate surface area is 136 Å². The van der Waals surface area contributed by atoms with E-state index in [-0.39, 0.29) is 19.0 Å². The topological polar surface area (TPSA) is 40.6 Å². The third kappa shape index (κ3) is 4.70. The number of hydrogen-bond acceptors (Lipinski definition) is 3. The largest absolute Gasteiger partial charge is 0.406 e. The van der Waals surface area contributed by atoms with Crippen LogP contribution in [0.15, 0.2) is 16.8 Å². The minimum absolute atomic E-state index is 0.00726. The van der Waals surface area contributed by atoms with Crippen LogP contribution >= 0.6 is 11.3 Å². The van der Waals surface area contributed by atoms with Gasteiger partial charge in [0, 0.05) is 25.0 Å². The Morgan fingerprint density at radius 1 is 1.43 bits per heavy atom. The van der Waals surface area contributed by atoms with Crippen molar-refractivity contribution in [3.05, 3.63) is 22.4 Å². The van der Waals surface area contributed by atoms with E-state index < -0.39 is 24.5 Å². The van der Waals surface area contributed by atoms with Gasteiger partial charge >= 0.3 is 6.18 Å². The van der Waals surface area contributed by atoms with Crippen LogP contribution < -0.4 is 0 Å². The SMILES string of the molecule is CCN(CC(F)(F)F)C(=O)[C@@H]1CCCN(C(=O)c2ccsc2)C1. The molecule has 0 saturated carbocycles. The first-order valence-electron chi connectivity index (χ1n) is 7.49. The average Bonchev–Trinajstić information content (AvgIpc) is 3.05. The predicted octanol–water partition coefficient (Wildman–Crippen LogP) is 3.01. The van der Waals surface area contributed by atoms with E-state index in [1.54, 1.807) is 21.7 Å². The summed E-state index contributed by atoms with van der Waals surface area (Å²) in [4.78, 5) is 27.1. The summed E-state index contributed by atoms with van der Waals surface area (Å²) in [6.45, 7) is 1.01. The summed E-state index contributed by atoms with van der Waals surface area (Å²) < 4.78 is 37.7. The highest BCUT2D eigenvalue weighted by molar-refractivity contribution is 7.08. The number of hydrogen-bond donors (Lipinski definition) is 0. The second-order valence-corrected chi connectivity index (χ2v) is 6.35. The first kappa shape index (κ1) is 17.8. The van der Waals surface area contributed by atoms with Crippen molar-refractivity contribution in [3.63, 3.8) is 0 Å². The van der Waals surface area contributed by atoms with Gasteiger partial charge in [-0.1, -0.05) is 0 Å². The summed E-state index contributed by atoms with van der Waals surface area (Å²) in [6, 6.07) is 1.71. The Morgan fingerprint density at radius 2 is 2.17 bits per heavy atom. The van der Waals surface area contributed by atoms with Crippen molar-refractivity contribution in [1.29, 1.82) is 0 Å². The molecule has 23 heavy (non-hydrogen) atoms. The van der Waals surface area contributed by atoms with Crippen molar-refractivity contribution < 1.29 is 22.8 Å². The number of thiophene rings is 1. The van der Waals surface area contributed by atoms with E-state index in [9.17, 15) is 22.8 Å². The van der Waals surface area contributed by atoms with Gasteiger partial charge in [0.15, 0.2) is 0 Å². The number of carbonyl (C=O) groups is 2. The zero-order chi connectivity index (χ0) is 17.0. The average molecular weight is 348 g/mol. The van der Waals surface area contributed by atoms with Gasteiger partial charge in [-0.15, -0.1) is 0 Å². The lowest BCUT2D eigenvalue weighted by molar-refractivity contribution is -0.164. The zero-order valence-corrected chi connectivity index (χ0v) is 13.6. The van der Waals surface area contributed by atoms with Gasteiger partial charge in [-0.25, -0.2) is 0 Å². The quantitative estimate of drug-likeness (QED) is 0.839. The van der Waals surface area contributed by atoms with Gasteiger partial charge < -0.3 is 9.80 Å². The van der Waals surface area contributed by atoms with Gasteiger partial charge in [-0.2, -0.15) is 24.5 Å². The lowest BCUT2D eigenvalue weighted by Crippen LogP contribution is -2.48. The molecule has 8 heteroatoms. The van der Waals surface area contributed by atoms with Crippen molar-refractivity contribution in [3.8, 4) is 0 Å². The van der Waals surface area contributed by atoms with E-state index in [4.69, 9.17) is 0 Å². The van der Waals surface area contributed by atoms with Crippen LogP contribution in [0.1, 0.15) is 30.1 Å². The number of piperidine rings is 1. The molecule has 0 bridgehead atoms. The van der Waals surface area contributed by atoms with Gasteiger partial charge in [-0.3, -0.25) is 9.59 Å². The van der Waals surface area contributed by atoms with Crippen LogP contribution in [0, 0.1) is 5.92 Å². The molecule has 1 atom stereocenters. The number of alkyl halides is 3. The van der Waals surface area contributed by atoms with Crippen LogP contribution in [0.3, 0.4) is 0 Å². The summed E-state index contributed by atoms with van der Waals surface area (Å²) >= 11 is 1.41. The molecule has 1 aromatic heterocycles. The second kappa shape index (κ2) is 7.33. The van der Waals surface area contributed by atoms with E-state index in [1.807, 2.05) is 0 Å². The molecule has 2 amide bonds. The van der Waals surface area contributed by atoms with E-state index >= 15 is 0 Å². The lowest BCUT2D eigenvalue weighted by Gasteiger charge is -2.34. The molecule has 128 valence electrons. The highest BCUT2D eigenvalue weighted by Gasteiger charge is 2.36. The molecule has 1 fully saturated rings. The maximum absolute atomic E-state index is 12.6. The summed E-state index contributed by atoms with van der Waals surface area (Å²) in [5.74, 6) is -1.25. The highest BCUT2D eigenvalue weighted by Crippen LogP contribution is 2.23. The van der Waals surface area contributed by atoms with Crippen molar-refractivity contribution >= 4 is 23.2 Å². The Bertz CT molecular complexity index is 545. The summed E-state index contributed by atoms with van der Waals surface area (Å²) in [5, 5.41) is 3.53. The molecule has 1 aromatic rings. The molecule has 2 heterocycles. The molecule has 0 aliphatic carbocycles. The maximum atomic E-state index is 12.6. The predicted molar refractivity (Wildman–Crippen MR) is 81.3 cm³/mol. The number of likely N-dealkylation sites (tertiary alicyclic amines) is 1. The van der Waals surface area contributed by atoms with E-state index in [2.05, 4.69) is 0 Å². The Balaban J connectivity index is 2.02. The fourth-order valence-corrected chi connectivity index (χ4v) is 3.38. The molecule has 2 rings (SSSR count). The third-order valence-corrected chi connectivity index (χ3v) is 4.57. The molecule has 0 aromatic carbocycles. The van der Waals surface area contributed by atoms with Crippen molar-refractivity contribution in [2.45, 2.75) is 25.9 Å². The normalized spacial score (nSPS) is 18.8. The van der Waals surface area contributed by atoms with Crippen LogP contribution in [-0.2, 0) is 4.79 Å². The molecule has 1 aliphatic heterocycles. The number of carbonyl (C=O) groups excluding carboxylic acids is 2. The fourth-order valence-electron chi connectivity index (χ4n) is 2.75. The van der Waals surface area contributed by atoms with Gasteiger partial charge in [0.25, 0.3) is 5.91 Å². The van der Waals surface area contributed by atoms with Crippen molar-refractivity contribution in [1.82, 2.24) is 9.80 Å². The first-order valence-corrected chi connectivity index (χ1v) is 8.43. The Morgan fingerprint density at radius 3 is 2.74 bits per heavy atom. The van der Waals surface area contributed by atoms with Crippen LogP contribution in [0.2, 0.25) is 0 Å². The Hall–Kier alpha value is -1.57. The molecule has 4 nitrogen and oxygen atoms in total. The summed E-state index contributed by atoms with van der Waals surface area (Å²) in [7, 11) is 0. The monoisotopic (exact) mass is 348 g/mol. The number of halogens is 3. The molecular weight excluding hydrogens is 329 g/mol. The fraction of sp³-hybridized carbons (Fsp3) is 0.600. The van der Waals surface area contributed by atoms with E-state index in [1.165, 1.54) is 18.3 Å². The number of amides is 2. The molecule has 1 aliphatic rings. The van der Waals surface area contributed by atoms with Crippen LogP contribution in [0.5, 0.6) is 0 Å². The molecular formula is C15H19F3N2O2S. The third-order valence-electron chi connectivity index (χ3n) is 3.89. The van der Waals surface area contributed by atoms with Gasteiger partial charge in [0.1, 0.15) is 6.54 Å². The van der Waals surface area contributed by atoms with E-state index in [0.717, 1.165) is 4.90 Å². The van der Waals surface area contributed by atoms with Gasteiger partial charge in [0.2, 0.25) is 5.91 Å². The minimum atomic E-state index is -4.41. The Kier molecular flexibility index (Phi) is 5.67. The zero-order valence-electron chi connectivity index (χ0n) is 12.8. The molecule has 0 N–H and O–H groups in total. The van der Waals surface area contributed by atoms with Crippen LogP contribution in [0.4, 0.5) is 13.2 Å². The highest BCUT2D eigenvalue weighted by atomic mass is 32.1. The van der Waals surface area contributed by atoms with Crippen molar-refractivity contribution in [2.24, 2.45) is 5.92 Å². The minimum Gasteiger partial charge on any atom is -0.338 e. The van der Waals surface area contributed by atoms with Crippen LogP contribution in [0.25, 0.3) is 0 Å². The maximum Gasteiger partial charge on any atom is 0.406 e. The van der Waals surface area contributed by atoms with Gasteiger partial charge in [0.05, 0.1) is 11.5 Å². The molecule has 0 spiro atoms. The number of rotatable bonds is 4. The molecule has 0 radical (unpaired) electrons. The summed E-state index contributed by atoms with van der Waals surface area (Å²) in [5.41, 5.74) is 0.561. The standard InChI is InChI=1S/C15H19F3N2O2S/c1-2-19(10-15(16,17)18)13(21)11-4-3-6-20(8-11)14(22)12-5-7-23-9-12/h5,7,9,11H,2-4,6,8,10H2,1H3/t11-/m1/s1. The molecule has 0 unspecified atom stereocenters. The first-order chi connectivity index (χ1) is 10.8. The van der Waals surface area contributed by atoms with Crippen molar-refractivity contribution in [2.75, 3.05) is 26.2 Å². The van der Waals surface area contributed by atoms with E-state index in [0.29, 0.717) is 24.9 Å². The van der Waals surface area contributed by atoms with Gasteiger partial charge in [-0.05, 0) is 31.2 Å². The second-order valence-electron chi connectivity index (χ2n) is 5.57. The smallest absolute Gasteiger partial charge is 0.338 e. The van der Waals surface area contributed by atoms with Crippen LogP contribution in [-0.4, -0.2) is 54.0 Å². The molecule has 1 saturated heterocycles. The lowest BCUT2D eigenvalue weighted by atomic mass is 9.96.